The molecular formula is C38H47FN6O4. The minimum atomic E-state index is -0.604. The summed E-state index contributed by atoms with van der Waals surface area (Å²) < 4.78 is 26.9. The Hall–Kier alpha value is -4.67. The van der Waals surface area contributed by atoms with Gasteiger partial charge in [-0.3, -0.25) is 9.80 Å². The fraction of sp³-hybridized carbons (Fsp3) is 0.474. The van der Waals surface area contributed by atoms with E-state index in [1.165, 1.54) is 6.07 Å². The van der Waals surface area contributed by atoms with Gasteiger partial charge in [-0.05, 0) is 110 Å². The molecule has 0 saturated carbocycles. The summed E-state index contributed by atoms with van der Waals surface area (Å²) >= 11 is 0. The predicted molar refractivity (Wildman–Crippen MR) is 186 cm³/mol. The highest BCUT2D eigenvalue weighted by Crippen LogP contribution is 2.39. The molecule has 4 atom stereocenters. The number of H-pyrrole nitrogens is 2. The van der Waals surface area contributed by atoms with Gasteiger partial charge in [0.15, 0.2) is 0 Å². The van der Waals surface area contributed by atoms with Crippen LogP contribution >= 0.6 is 0 Å². The summed E-state index contributed by atoms with van der Waals surface area (Å²) in [5.74, 6) is 0.972. The van der Waals surface area contributed by atoms with Crippen molar-refractivity contribution in [3.05, 3.63) is 72.3 Å². The van der Waals surface area contributed by atoms with Crippen LogP contribution in [0.25, 0.3) is 33.6 Å². The van der Waals surface area contributed by atoms with Crippen molar-refractivity contribution in [3.8, 4) is 33.6 Å². The minimum Gasteiger partial charge on any atom is -0.444 e. The number of hydrogen-bond acceptors (Lipinski definition) is 6. The Kier molecular flexibility index (Phi) is 9.06. The third-order valence-corrected chi connectivity index (χ3v) is 9.16. The number of rotatable bonds is 5. The molecule has 49 heavy (non-hydrogen) atoms. The molecular weight excluding hydrogens is 623 g/mol. The maximum absolute atomic E-state index is 15.6. The number of aromatic amines is 2. The molecule has 6 rings (SSSR count). The molecule has 4 aromatic rings. The SMILES string of the molecule is C[C@H]1CC[C@@H](c2ncc(-c3ccc(-c4ccc(-c5cnc([C@@H]6CC[C@H](C)N6C(=O)OC(C)(C)C)[nH]5)c(F)c4)cc3)[nH]2)N1C(=O)OC(C)(C)C. The van der Waals surface area contributed by atoms with Crippen LogP contribution in [0.2, 0.25) is 0 Å². The van der Waals surface area contributed by atoms with Crippen LogP contribution in [0, 0.1) is 5.82 Å². The highest BCUT2D eigenvalue weighted by atomic mass is 19.1. The van der Waals surface area contributed by atoms with Gasteiger partial charge in [0.05, 0.1) is 35.9 Å². The number of likely N-dealkylation sites (tertiary alicyclic amines) is 2. The van der Waals surface area contributed by atoms with Crippen molar-refractivity contribution >= 4 is 12.2 Å². The summed E-state index contributed by atoms with van der Waals surface area (Å²) in [6.45, 7) is 15.2. The van der Waals surface area contributed by atoms with E-state index in [2.05, 4.69) is 19.9 Å². The largest absolute Gasteiger partial charge is 0.444 e. The Morgan fingerprint density at radius 1 is 0.694 bits per heavy atom. The number of benzene rings is 2. The molecule has 10 nitrogen and oxygen atoms in total. The summed E-state index contributed by atoms with van der Waals surface area (Å²) in [5.41, 5.74) is 3.15. The van der Waals surface area contributed by atoms with E-state index in [1.54, 1.807) is 28.3 Å². The lowest BCUT2D eigenvalue weighted by Gasteiger charge is -2.30. The van der Waals surface area contributed by atoms with Crippen molar-refractivity contribution in [2.75, 3.05) is 0 Å². The first-order valence-electron chi connectivity index (χ1n) is 17.1. The summed E-state index contributed by atoms with van der Waals surface area (Å²) in [4.78, 5) is 45.4. The first kappa shape index (κ1) is 34.2. The van der Waals surface area contributed by atoms with E-state index in [1.807, 2.05) is 85.7 Å². The van der Waals surface area contributed by atoms with Gasteiger partial charge in [0, 0.05) is 17.6 Å². The number of imidazole rings is 2. The van der Waals surface area contributed by atoms with E-state index in [4.69, 9.17) is 9.47 Å². The summed E-state index contributed by atoms with van der Waals surface area (Å²) in [6.07, 6.45) is 5.96. The molecule has 2 fully saturated rings. The standard InChI is InChI=1S/C38H47FN6O4/c1-22-9-17-31(44(22)35(46)48-37(3,4)5)33-40-20-29(42-33)25-13-11-24(12-14-25)26-15-16-27(28(39)19-26)30-21-41-34(43-30)32-18-10-23(2)45(32)36(47)49-38(6,7)8/h11-16,19-23,31-32H,9-10,17-18H2,1-8H3,(H,40,42)(H,41,43)/t22-,23-,31-,32-/m0/s1. The van der Waals surface area contributed by atoms with Crippen LogP contribution in [0.15, 0.2) is 54.9 Å². The molecule has 2 aliphatic heterocycles. The maximum Gasteiger partial charge on any atom is 0.411 e. The minimum absolute atomic E-state index is 0.0109. The Balaban J connectivity index is 1.15. The van der Waals surface area contributed by atoms with Crippen molar-refractivity contribution in [2.45, 2.75) is 116 Å². The van der Waals surface area contributed by atoms with E-state index in [-0.39, 0.29) is 42.2 Å². The van der Waals surface area contributed by atoms with Gasteiger partial charge in [0.2, 0.25) is 0 Å². The first-order valence-corrected chi connectivity index (χ1v) is 17.1. The van der Waals surface area contributed by atoms with Crippen LogP contribution in [-0.4, -0.2) is 65.2 Å². The molecule has 0 radical (unpaired) electrons. The van der Waals surface area contributed by atoms with Gasteiger partial charge in [0.25, 0.3) is 0 Å². The normalized spacial score (nSPS) is 21.3. The number of nitrogens with zero attached hydrogens (tertiary/aromatic N) is 4. The van der Waals surface area contributed by atoms with Gasteiger partial charge < -0.3 is 19.4 Å². The van der Waals surface area contributed by atoms with E-state index in [0.717, 1.165) is 53.9 Å². The molecule has 2 aromatic heterocycles. The van der Waals surface area contributed by atoms with Crippen LogP contribution in [0.4, 0.5) is 14.0 Å². The van der Waals surface area contributed by atoms with E-state index in [0.29, 0.717) is 17.1 Å². The lowest BCUT2D eigenvalue weighted by atomic mass is 10.0. The number of aromatic nitrogens is 4. The summed E-state index contributed by atoms with van der Waals surface area (Å²) in [5, 5.41) is 0. The highest BCUT2D eigenvalue weighted by molar-refractivity contribution is 5.73. The molecule has 0 unspecified atom stereocenters. The zero-order valence-corrected chi connectivity index (χ0v) is 29.6. The fourth-order valence-electron chi connectivity index (χ4n) is 6.80. The number of halogens is 1. The quantitative estimate of drug-likeness (QED) is 0.219. The number of hydrogen-bond donors (Lipinski definition) is 2. The molecule has 11 heteroatoms. The van der Waals surface area contributed by atoms with Crippen molar-refractivity contribution in [3.63, 3.8) is 0 Å². The van der Waals surface area contributed by atoms with Gasteiger partial charge >= 0.3 is 12.2 Å². The predicted octanol–water partition coefficient (Wildman–Crippen LogP) is 9.19. The van der Waals surface area contributed by atoms with Crippen LogP contribution < -0.4 is 0 Å². The Morgan fingerprint density at radius 2 is 1.14 bits per heavy atom. The molecule has 2 saturated heterocycles. The Labute approximate surface area is 287 Å². The zero-order chi connectivity index (χ0) is 35.2. The molecule has 2 aliphatic rings. The second-order valence-corrected chi connectivity index (χ2v) is 15.3. The van der Waals surface area contributed by atoms with Crippen molar-refractivity contribution < 1.29 is 23.5 Å². The van der Waals surface area contributed by atoms with E-state index in [9.17, 15) is 9.59 Å². The van der Waals surface area contributed by atoms with Gasteiger partial charge in [-0.25, -0.2) is 23.9 Å². The zero-order valence-electron chi connectivity index (χ0n) is 29.6. The fourth-order valence-corrected chi connectivity index (χ4v) is 6.80. The first-order chi connectivity index (χ1) is 23.1. The lowest BCUT2D eigenvalue weighted by molar-refractivity contribution is 0.0141. The van der Waals surface area contributed by atoms with Crippen LogP contribution in [0.1, 0.15) is 105 Å². The number of ether oxygens (including phenoxy) is 2. The second-order valence-electron chi connectivity index (χ2n) is 15.3. The monoisotopic (exact) mass is 670 g/mol. The Morgan fingerprint density at radius 3 is 1.63 bits per heavy atom. The van der Waals surface area contributed by atoms with Gasteiger partial charge in [0.1, 0.15) is 28.7 Å². The van der Waals surface area contributed by atoms with Crippen LogP contribution in [-0.2, 0) is 9.47 Å². The molecule has 0 bridgehead atoms. The number of amides is 2. The second kappa shape index (κ2) is 13.0. The smallest absolute Gasteiger partial charge is 0.411 e. The number of carbonyl (C=O) groups excluding carboxylic acids is 2. The van der Waals surface area contributed by atoms with Crippen LogP contribution in [0.3, 0.4) is 0 Å². The van der Waals surface area contributed by atoms with Gasteiger partial charge in [-0.15, -0.1) is 0 Å². The molecule has 0 aliphatic carbocycles. The Bertz CT molecular complexity index is 1820. The molecule has 260 valence electrons. The molecule has 2 amide bonds. The molecule has 2 N–H and O–H groups in total. The third kappa shape index (κ3) is 7.35. The topological polar surface area (TPSA) is 116 Å². The lowest BCUT2D eigenvalue weighted by Crippen LogP contribution is -2.40. The number of carbonyl (C=O) groups is 2. The molecule has 4 heterocycles. The summed E-state index contributed by atoms with van der Waals surface area (Å²) in [7, 11) is 0. The molecule has 0 spiro atoms. The number of nitrogens with one attached hydrogen (secondary N) is 2. The summed E-state index contributed by atoms with van der Waals surface area (Å²) in [6, 6.07) is 12.6. The average Bonchev–Trinajstić information content (AvgIpc) is 3.82. The van der Waals surface area contributed by atoms with E-state index >= 15 is 4.39 Å². The van der Waals surface area contributed by atoms with Gasteiger partial charge in [-0.2, -0.15) is 0 Å². The van der Waals surface area contributed by atoms with Crippen molar-refractivity contribution in [1.29, 1.82) is 0 Å². The maximum atomic E-state index is 15.6. The van der Waals surface area contributed by atoms with Crippen molar-refractivity contribution in [2.24, 2.45) is 0 Å². The highest BCUT2D eigenvalue weighted by Gasteiger charge is 2.40. The van der Waals surface area contributed by atoms with Crippen molar-refractivity contribution in [1.82, 2.24) is 29.7 Å². The third-order valence-electron chi connectivity index (χ3n) is 9.16. The average molecular weight is 671 g/mol. The van der Waals surface area contributed by atoms with E-state index < -0.39 is 11.2 Å². The molecule has 2 aromatic carbocycles. The van der Waals surface area contributed by atoms with Gasteiger partial charge in [-0.1, -0.05) is 30.3 Å². The van der Waals surface area contributed by atoms with Crippen LogP contribution in [0.5, 0.6) is 0 Å².